The van der Waals surface area contributed by atoms with Crippen LogP contribution in [0.5, 0.6) is 0 Å². The minimum Gasteiger partial charge on any atom is -0.319 e. The zero-order chi connectivity index (χ0) is 18.8. The second-order valence-electron chi connectivity index (χ2n) is 5.71. The molecule has 0 atom stereocenters. The summed E-state index contributed by atoms with van der Waals surface area (Å²) in [6.45, 7) is 5.76. The van der Waals surface area contributed by atoms with Crippen molar-refractivity contribution in [1.82, 2.24) is 9.97 Å². The lowest BCUT2D eigenvalue weighted by Gasteiger charge is -2.09. The van der Waals surface area contributed by atoms with Gasteiger partial charge in [0, 0.05) is 16.3 Å². The summed E-state index contributed by atoms with van der Waals surface area (Å²) < 4.78 is 0. The number of hydrogen-bond donors (Lipinski definition) is 1. The molecule has 1 amide bonds. The van der Waals surface area contributed by atoms with E-state index >= 15 is 0 Å². The number of thiophene rings is 1. The minimum atomic E-state index is -0.499. The monoisotopic (exact) mass is 388 g/mol. The second-order valence-corrected chi connectivity index (χ2v) is 7.87. The standard InChI is InChI=1S/C17H16N4O3S2/c1-9-5-4-6-12(21(23)24)15(9)20-13(22)7-25-16-14-10(2)11(3)26-17(14)19-8-18-16/h4-6,8H,7H2,1-3H3,(H,20,22). The van der Waals surface area contributed by atoms with Crippen molar-refractivity contribution < 1.29 is 9.72 Å². The molecule has 0 bridgehead atoms. The number of nitro benzene ring substituents is 1. The predicted octanol–water partition coefficient (Wildman–Crippen LogP) is 4.26. The van der Waals surface area contributed by atoms with Gasteiger partial charge in [0.1, 0.15) is 21.9 Å². The quantitative estimate of drug-likeness (QED) is 0.304. The van der Waals surface area contributed by atoms with E-state index in [1.165, 1.54) is 29.0 Å². The molecule has 3 aromatic rings. The number of amides is 1. The molecule has 9 heteroatoms. The number of nitrogens with one attached hydrogen (secondary N) is 1. The highest BCUT2D eigenvalue weighted by Gasteiger charge is 2.19. The molecule has 0 aliphatic heterocycles. The summed E-state index contributed by atoms with van der Waals surface area (Å²) in [5.41, 5.74) is 1.88. The average molecular weight is 388 g/mol. The predicted molar refractivity (Wildman–Crippen MR) is 104 cm³/mol. The van der Waals surface area contributed by atoms with Gasteiger partial charge in [0.15, 0.2) is 0 Å². The lowest BCUT2D eigenvalue weighted by Crippen LogP contribution is -2.16. The molecule has 134 valence electrons. The van der Waals surface area contributed by atoms with Crippen molar-refractivity contribution >= 4 is 50.6 Å². The van der Waals surface area contributed by atoms with Crippen LogP contribution < -0.4 is 5.32 Å². The number of rotatable bonds is 5. The van der Waals surface area contributed by atoms with Crippen LogP contribution in [0.15, 0.2) is 29.6 Å². The van der Waals surface area contributed by atoms with Crippen molar-refractivity contribution in [2.75, 3.05) is 11.1 Å². The third-order valence-electron chi connectivity index (χ3n) is 3.98. The van der Waals surface area contributed by atoms with Gasteiger partial charge < -0.3 is 5.32 Å². The van der Waals surface area contributed by atoms with E-state index in [9.17, 15) is 14.9 Å². The number of benzene rings is 1. The van der Waals surface area contributed by atoms with E-state index in [0.29, 0.717) is 5.56 Å². The molecule has 2 heterocycles. The van der Waals surface area contributed by atoms with Crippen molar-refractivity contribution in [2.45, 2.75) is 25.8 Å². The molecule has 0 radical (unpaired) electrons. The molecule has 1 N–H and O–H groups in total. The summed E-state index contributed by atoms with van der Waals surface area (Å²) in [5.74, 6) is -0.213. The molecule has 0 aliphatic carbocycles. The Morgan fingerprint density at radius 3 is 2.81 bits per heavy atom. The van der Waals surface area contributed by atoms with Crippen LogP contribution in [0.2, 0.25) is 0 Å². The smallest absolute Gasteiger partial charge is 0.293 e. The van der Waals surface area contributed by atoms with Crippen molar-refractivity contribution in [2.24, 2.45) is 0 Å². The molecule has 0 fully saturated rings. The number of nitro groups is 1. The first kappa shape index (κ1) is 18.3. The molecule has 2 aromatic heterocycles. The molecule has 26 heavy (non-hydrogen) atoms. The van der Waals surface area contributed by atoms with Crippen LogP contribution in [0.3, 0.4) is 0 Å². The molecule has 1 aromatic carbocycles. The van der Waals surface area contributed by atoms with Gasteiger partial charge in [-0.25, -0.2) is 9.97 Å². The van der Waals surface area contributed by atoms with Gasteiger partial charge in [-0.2, -0.15) is 0 Å². The molecule has 0 saturated heterocycles. The highest BCUT2D eigenvalue weighted by atomic mass is 32.2. The highest BCUT2D eigenvalue weighted by molar-refractivity contribution is 8.00. The van der Waals surface area contributed by atoms with E-state index in [1.54, 1.807) is 30.4 Å². The number of fused-ring (bicyclic) bond motifs is 1. The molecular formula is C17H16N4O3S2. The van der Waals surface area contributed by atoms with E-state index in [-0.39, 0.29) is 23.0 Å². The van der Waals surface area contributed by atoms with E-state index < -0.39 is 4.92 Å². The first-order valence-corrected chi connectivity index (χ1v) is 9.56. The summed E-state index contributed by atoms with van der Waals surface area (Å²) in [5, 5.41) is 15.5. The van der Waals surface area contributed by atoms with Crippen LogP contribution in [0.1, 0.15) is 16.0 Å². The maximum absolute atomic E-state index is 12.3. The Morgan fingerprint density at radius 1 is 1.31 bits per heavy atom. The van der Waals surface area contributed by atoms with Gasteiger partial charge in [0.05, 0.1) is 10.7 Å². The van der Waals surface area contributed by atoms with Crippen LogP contribution in [-0.4, -0.2) is 26.6 Å². The van der Waals surface area contributed by atoms with E-state index in [1.807, 2.05) is 13.8 Å². The van der Waals surface area contributed by atoms with Gasteiger partial charge in [-0.15, -0.1) is 11.3 Å². The topological polar surface area (TPSA) is 98.0 Å². The van der Waals surface area contributed by atoms with Gasteiger partial charge in [-0.3, -0.25) is 14.9 Å². The summed E-state index contributed by atoms with van der Waals surface area (Å²) in [6, 6.07) is 4.69. The third-order valence-corrected chi connectivity index (χ3v) is 6.09. The zero-order valence-electron chi connectivity index (χ0n) is 14.4. The second kappa shape index (κ2) is 7.38. The Bertz CT molecular complexity index is 1020. The zero-order valence-corrected chi connectivity index (χ0v) is 16.0. The van der Waals surface area contributed by atoms with Gasteiger partial charge in [0.2, 0.25) is 5.91 Å². The van der Waals surface area contributed by atoms with E-state index in [0.717, 1.165) is 20.8 Å². The number of para-hydroxylation sites is 1. The molecular weight excluding hydrogens is 372 g/mol. The molecule has 0 spiro atoms. The summed E-state index contributed by atoms with van der Waals surface area (Å²) in [6.07, 6.45) is 1.49. The van der Waals surface area contributed by atoms with Crippen molar-refractivity contribution in [3.63, 3.8) is 0 Å². The summed E-state index contributed by atoms with van der Waals surface area (Å²) in [7, 11) is 0. The maximum atomic E-state index is 12.3. The van der Waals surface area contributed by atoms with Gasteiger partial charge in [-0.05, 0) is 31.9 Å². The number of nitrogens with zero attached hydrogens (tertiary/aromatic N) is 3. The minimum absolute atomic E-state index is 0.103. The first-order chi connectivity index (χ1) is 12.4. The van der Waals surface area contributed by atoms with Crippen molar-refractivity contribution in [3.8, 4) is 0 Å². The van der Waals surface area contributed by atoms with Crippen LogP contribution in [0, 0.1) is 30.9 Å². The number of carbonyl (C=O) groups excluding carboxylic acids is 1. The fourth-order valence-electron chi connectivity index (χ4n) is 2.54. The maximum Gasteiger partial charge on any atom is 0.293 e. The van der Waals surface area contributed by atoms with Crippen LogP contribution in [0.4, 0.5) is 11.4 Å². The number of thioether (sulfide) groups is 1. The summed E-state index contributed by atoms with van der Waals surface area (Å²) >= 11 is 2.90. The Labute approximate surface area is 158 Å². The van der Waals surface area contributed by atoms with Gasteiger partial charge in [-0.1, -0.05) is 23.9 Å². The number of carbonyl (C=O) groups is 1. The Balaban J connectivity index is 1.78. The van der Waals surface area contributed by atoms with Crippen LogP contribution in [-0.2, 0) is 4.79 Å². The normalized spacial score (nSPS) is 10.9. The van der Waals surface area contributed by atoms with Gasteiger partial charge in [0.25, 0.3) is 5.69 Å². The average Bonchev–Trinajstić information content (AvgIpc) is 2.89. The fourth-order valence-corrected chi connectivity index (χ4v) is 4.45. The van der Waals surface area contributed by atoms with E-state index in [4.69, 9.17) is 0 Å². The molecule has 3 rings (SSSR count). The Morgan fingerprint density at radius 2 is 2.08 bits per heavy atom. The largest absolute Gasteiger partial charge is 0.319 e. The number of anilines is 1. The summed E-state index contributed by atoms with van der Waals surface area (Å²) in [4.78, 5) is 33.6. The first-order valence-electron chi connectivity index (χ1n) is 7.76. The highest BCUT2D eigenvalue weighted by Crippen LogP contribution is 2.34. The molecule has 7 nitrogen and oxygen atoms in total. The van der Waals surface area contributed by atoms with Crippen molar-refractivity contribution in [1.29, 1.82) is 0 Å². The SMILES string of the molecule is Cc1cccc([N+](=O)[O-])c1NC(=O)CSc1ncnc2sc(C)c(C)c12. The number of hydrogen-bond acceptors (Lipinski definition) is 7. The molecule has 0 unspecified atom stereocenters. The fraction of sp³-hybridized carbons (Fsp3) is 0.235. The lowest BCUT2D eigenvalue weighted by atomic mass is 10.1. The van der Waals surface area contributed by atoms with Crippen LogP contribution >= 0.6 is 23.1 Å². The van der Waals surface area contributed by atoms with Crippen molar-refractivity contribution in [3.05, 3.63) is 50.6 Å². The van der Waals surface area contributed by atoms with Crippen LogP contribution in [0.25, 0.3) is 10.2 Å². The number of aryl methyl sites for hydroxylation is 3. The Kier molecular flexibility index (Phi) is 5.19. The molecule has 0 aliphatic rings. The third kappa shape index (κ3) is 3.54. The Hall–Kier alpha value is -2.52. The van der Waals surface area contributed by atoms with Gasteiger partial charge >= 0.3 is 0 Å². The lowest BCUT2D eigenvalue weighted by molar-refractivity contribution is -0.384. The van der Waals surface area contributed by atoms with E-state index in [2.05, 4.69) is 15.3 Å². The molecule has 0 saturated carbocycles. The number of aromatic nitrogens is 2.